The summed E-state index contributed by atoms with van der Waals surface area (Å²) in [4.78, 5) is 2.46. The highest BCUT2D eigenvalue weighted by Crippen LogP contribution is 2.29. The van der Waals surface area contributed by atoms with Crippen LogP contribution in [0.2, 0.25) is 0 Å². The number of benzene rings is 1. The third-order valence-electron chi connectivity index (χ3n) is 4.48. The largest absolute Gasteiger partial charge is 0.488 e. The van der Waals surface area contributed by atoms with Crippen LogP contribution >= 0.6 is 0 Å². The van der Waals surface area contributed by atoms with Gasteiger partial charge in [0.2, 0.25) is 0 Å². The van der Waals surface area contributed by atoms with E-state index in [2.05, 4.69) is 30.0 Å². The van der Waals surface area contributed by atoms with E-state index in [4.69, 9.17) is 4.74 Å². The fourth-order valence-corrected chi connectivity index (χ4v) is 3.31. The van der Waals surface area contributed by atoms with Crippen molar-refractivity contribution in [1.82, 2.24) is 4.90 Å². The Morgan fingerprint density at radius 1 is 1.37 bits per heavy atom. The Bertz CT molecular complexity index is 410. The van der Waals surface area contributed by atoms with Crippen LogP contribution < -0.4 is 4.74 Å². The Labute approximate surface area is 115 Å². The van der Waals surface area contributed by atoms with Crippen molar-refractivity contribution in [3.63, 3.8) is 0 Å². The van der Waals surface area contributed by atoms with Gasteiger partial charge in [-0.25, -0.2) is 0 Å². The number of hydrogen-bond donors (Lipinski definition) is 1. The average molecular weight is 261 g/mol. The third kappa shape index (κ3) is 2.77. The number of aliphatic hydroxyl groups excluding tert-OH is 1. The minimum absolute atomic E-state index is 0.108. The molecule has 0 aromatic heterocycles. The lowest BCUT2D eigenvalue weighted by Crippen LogP contribution is -2.46. The number of fused-ring (bicyclic) bond motifs is 1. The van der Waals surface area contributed by atoms with Crippen molar-refractivity contribution in [2.75, 3.05) is 19.6 Å². The van der Waals surface area contributed by atoms with Crippen molar-refractivity contribution in [2.24, 2.45) is 5.92 Å². The van der Waals surface area contributed by atoms with Crippen LogP contribution in [0.3, 0.4) is 0 Å². The predicted molar refractivity (Wildman–Crippen MR) is 75.4 cm³/mol. The Morgan fingerprint density at radius 2 is 2.21 bits per heavy atom. The Hall–Kier alpha value is -1.06. The molecular weight excluding hydrogens is 238 g/mol. The van der Waals surface area contributed by atoms with Gasteiger partial charge in [-0.1, -0.05) is 25.1 Å². The Kier molecular flexibility index (Phi) is 3.76. The lowest BCUT2D eigenvalue weighted by atomic mass is 9.92. The summed E-state index contributed by atoms with van der Waals surface area (Å²) in [6.45, 7) is 5.15. The topological polar surface area (TPSA) is 32.7 Å². The molecule has 0 saturated carbocycles. The van der Waals surface area contributed by atoms with Crippen molar-refractivity contribution in [2.45, 2.75) is 38.4 Å². The van der Waals surface area contributed by atoms with Gasteiger partial charge in [0.15, 0.2) is 0 Å². The number of piperidine rings is 1. The third-order valence-corrected chi connectivity index (χ3v) is 4.48. The van der Waals surface area contributed by atoms with Gasteiger partial charge in [-0.05, 0) is 30.4 Å². The molecule has 3 heteroatoms. The monoisotopic (exact) mass is 261 g/mol. The molecule has 3 unspecified atom stereocenters. The predicted octanol–water partition coefficient (Wildman–Crippen LogP) is 2.08. The zero-order valence-corrected chi connectivity index (χ0v) is 11.6. The quantitative estimate of drug-likeness (QED) is 0.904. The normalized spacial score (nSPS) is 30.9. The van der Waals surface area contributed by atoms with E-state index in [1.807, 2.05) is 6.07 Å². The molecule has 1 aromatic rings. The number of para-hydroxylation sites is 1. The van der Waals surface area contributed by atoms with Crippen LogP contribution in [-0.2, 0) is 6.42 Å². The molecule has 0 aliphatic carbocycles. The molecular formula is C16H23NO2. The van der Waals surface area contributed by atoms with Crippen LogP contribution in [0, 0.1) is 5.92 Å². The number of ether oxygens (including phenoxy) is 1. The molecule has 3 nitrogen and oxygen atoms in total. The highest BCUT2D eigenvalue weighted by Gasteiger charge is 2.30. The van der Waals surface area contributed by atoms with Crippen molar-refractivity contribution in [3.05, 3.63) is 29.8 Å². The van der Waals surface area contributed by atoms with E-state index in [0.717, 1.165) is 44.6 Å². The van der Waals surface area contributed by atoms with Crippen LogP contribution in [0.5, 0.6) is 5.75 Å². The van der Waals surface area contributed by atoms with E-state index in [1.54, 1.807) is 0 Å². The summed E-state index contributed by atoms with van der Waals surface area (Å²) in [7, 11) is 0. The van der Waals surface area contributed by atoms with E-state index in [-0.39, 0.29) is 12.2 Å². The molecule has 3 atom stereocenters. The molecule has 0 bridgehead atoms. The van der Waals surface area contributed by atoms with E-state index in [0.29, 0.717) is 5.92 Å². The first kappa shape index (κ1) is 12.9. The molecule has 19 heavy (non-hydrogen) atoms. The number of hydrogen-bond acceptors (Lipinski definition) is 3. The maximum atomic E-state index is 9.93. The first-order chi connectivity index (χ1) is 9.26. The molecule has 0 amide bonds. The van der Waals surface area contributed by atoms with Gasteiger partial charge in [0.1, 0.15) is 11.9 Å². The smallest absolute Gasteiger partial charge is 0.123 e. The molecule has 2 aliphatic heterocycles. The lowest BCUT2D eigenvalue weighted by molar-refractivity contribution is 0.0131. The summed E-state index contributed by atoms with van der Waals surface area (Å²) in [6.07, 6.45) is 3.15. The zero-order chi connectivity index (χ0) is 13.2. The van der Waals surface area contributed by atoms with Gasteiger partial charge < -0.3 is 9.84 Å². The lowest BCUT2D eigenvalue weighted by Gasteiger charge is -2.36. The molecule has 2 heterocycles. The summed E-state index contributed by atoms with van der Waals surface area (Å²) in [5.74, 6) is 1.48. The molecule has 0 radical (unpaired) electrons. The molecule has 0 spiro atoms. The van der Waals surface area contributed by atoms with E-state index in [9.17, 15) is 5.11 Å². The Morgan fingerprint density at radius 3 is 3.00 bits per heavy atom. The van der Waals surface area contributed by atoms with Gasteiger partial charge in [0.05, 0.1) is 6.10 Å². The molecule has 104 valence electrons. The first-order valence-corrected chi connectivity index (χ1v) is 7.41. The molecule has 1 saturated heterocycles. The van der Waals surface area contributed by atoms with E-state index < -0.39 is 0 Å². The summed E-state index contributed by atoms with van der Waals surface area (Å²) in [5.41, 5.74) is 1.33. The summed E-state index contributed by atoms with van der Waals surface area (Å²) in [5, 5.41) is 9.93. The van der Waals surface area contributed by atoms with Gasteiger partial charge in [-0.2, -0.15) is 0 Å². The minimum atomic E-state index is -0.108. The van der Waals surface area contributed by atoms with Crippen LogP contribution in [-0.4, -0.2) is 41.8 Å². The fourth-order valence-electron chi connectivity index (χ4n) is 3.31. The second kappa shape index (κ2) is 5.51. The summed E-state index contributed by atoms with van der Waals surface area (Å²) < 4.78 is 6.00. The van der Waals surface area contributed by atoms with E-state index in [1.165, 1.54) is 5.56 Å². The number of rotatable bonds is 3. The number of likely N-dealkylation sites (tertiary alicyclic amines) is 1. The molecule has 2 aliphatic rings. The number of aliphatic hydroxyl groups is 1. The molecule has 3 rings (SSSR count). The van der Waals surface area contributed by atoms with Crippen LogP contribution in [0.4, 0.5) is 0 Å². The second-order valence-corrected chi connectivity index (χ2v) is 5.84. The maximum absolute atomic E-state index is 9.93. The van der Waals surface area contributed by atoms with Crippen molar-refractivity contribution < 1.29 is 9.84 Å². The zero-order valence-electron chi connectivity index (χ0n) is 11.6. The van der Waals surface area contributed by atoms with Crippen LogP contribution in [0.1, 0.15) is 25.3 Å². The maximum Gasteiger partial charge on any atom is 0.123 e. The standard InChI is InChI=1S/C16H23NO2/c1-2-12-10-17(8-7-15(12)18)11-14-9-13-5-3-4-6-16(13)19-14/h3-6,12,14-15,18H,2,7-11H2,1H3. The van der Waals surface area contributed by atoms with Crippen molar-refractivity contribution >= 4 is 0 Å². The minimum Gasteiger partial charge on any atom is -0.488 e. The van der Waals surface area contributed by atoms with Crippen molar-refractivity contribution in [1.29, 1.82) is 0 Å². The highest BCUT2D eigenvalue weighted by atomic mass is 16.5. The Balaban J connectivity index is 1.56. The van der Waals surface area contributed by atoms with Crippen LogP contribution in [0.15, 0.2) is 24.3 Å². The number of nitrogens with zero attached hydrogens (tertiary/aromatic N) is 1. The molecule has 1 aromatic carbocycles. The fraction of sp³-hybridized carbons (Fsp3) is 0.625. The van der Waals surface area contributed by atoms with Gasteiger partial charge in [0.25, 0.3) is 0 Å². The molecule has 1 fully saturated rings. The highest BCUT2D eigenvalue weighted by molar-refractivity contribution is 5.37. The van der Waals surface area contributed by atoms with Crippen LogP contribution in [0.25, 0.3) is 0 Å². The van der Waals surface area contributed by atoms with Crippen molar-refractivity contribution in [3.8, 4) is 5.75 Å². The van der Waals surface area contributed by atoms with Gasteiger partial charge in [-0.15, -0.1) is 0 Å². The van der Waals surface area contributed by atoms with Gasteiger partial charge in [0, 0.05) is 26.1 Å². The first-order valence-electron chi connectivity index (χ1n) is 7.41. The second-order valence-electron chi connectivity index (χ2n) is 5.84. The SMILES string of the molecule is CCC1CN(CC2Cc3ccccc3O2)CCC1O. The van der Waals surface area contributed by atoms with E-state index >= 15 is 0 Å². The molecule has 1 N–H and O–H groups in total. The summed E-state index contributed by atoms with van der Waals surface area (Å²) in [6, 6.07) is 8.33. The van der Waals surface area contributed by atoms with Gasteiger partial charge in [-0.3, -0.25) is 4.90 Å². The average Bonchev–Trinajstić information content (AvgIpc) is 2.83. The summed E-state index contributed by atoms with van der Waals surface area (Å²) >= 11 is 0. The van der Waals surface area contributed by atoms with Gasteiger partial charge >= 0.3 is 0 Å².